The fraction of sp³-hybridized carbons (Fsp3) is 0.529. The van der Waals surface area contributed by atoms with Gasteiger partial charge >= 0.3 is 0 Å². The van der Waals surface area contributed by atoms with Crippen molar-refractivity contribution in [3.63, 3.8) is 0 Å². The van der Waals surface area contributed by atoms with E-state index >= 15 is 0 Å². The number of rotatable bonds is 5. The van der Waals surface area contributed by atoms with E-state index in [1.54, 1.807) is 11.8 Å². The molecule has 1 saturated heterocycles. The van der Waals surface area contributed by atoms with Crippen molar-refractivity contribution in [2.45, 2.75) is 37.6 Å². The number of nitrogens with one attached hydrogen (secondary N) is 1. The Morgan fingerprint density at radius 2 is 2.10 bits per heavy atom. The number of hydrogen-bond acceptors (Lipinski definition) is 3. The number of allylic oxidation sites excluding steroid dienone is 1. The van der Waals surface area contributed by atoms with Crippen LogP contribution in [0, 0.1) is 0 Å². The summed E-state index contributed by atoms with van der Waals surface area (Å²) in [6, 6.07) is 9.35. The summed E-state index contributed by atoms with van der Waals surface area (Å²) >= 11 is 1.80. The third-order valence-electron chi connectivity index (χ3n) is 3.79. The molecule has 3 heteroatoms. The van der Waals surface area contributed by atoms with Gasteiger partial charge < -0.3 is 5.32 Å². The Labute approximate surface area is 127 Å². The minimum atomic E-state index is 0.620. The molecular formula is C17H26N2S. The quantitative estimate of drug-likeness (QED) is 0.644. The van der Waals surface area contributed by atoms with Gasteiger partial charge in [-0.15, -0.1) is 11.8 Å². The minimum Gasteiger partial charge on any atom is -0.382 e. The lowest BCUT2D eigenvalue weighted by atomic mass is 10.0. The zero-order valence-electron chi connectivity index (χ0n) is 12.9. The number of nitrogens with zero attached hydrogens (tertiary/aromatic N) is 1. The standard InChI is InChI=1S/C17H26N2S/c1-14(2)7-10-19-11-8-15(9-12-19)18-16-5-4-6-17(13-16)20-3/h4-7,13,15,18H,8-12H2,1-3H3. The van der Waals surface area contributed by atoms with Crippen molar-refractivity contribution < 1.29 is 0 Å². The number of likely N-dealkylation sites (tertiary alicyclic amines) is 1. The molecule has 0 atom stereocenters. The first-order chi connectivity index (χ1) is 9.67. The van der Waals surface area contributed by atoms with Crippen LogP contribution in [0.2, 0.25) is 0 Å². The third-order valence-corrected chi connectivity index (χ3v) is 4.51. The molecule has 1 fully saturated rings. The summed E-state index contributed by atoms with van der Waals surface area (Å²) in [5.74, 6) is 0. The van der Waals surface area contributed by atoms with Crippen LogP contribution in [0.25, 0.3) is 0 Å². The maximum Gasteiger partial charge on any atom is 0.0353 e. The highest BCUT2D eigenvalue weighted by Gasteiger charge is 2.18. The summed E-state index contributed by atoms with van der Waals surface area (Å²) in [7, 11) is 0. The summed E-state index contributed by atoms with van der Waals surface area (Å²) < 4.78 is 0. The lowest BCUT2D eigenvalue weighted by Crippen LogP contribution is -2.39. The molecule has 1 N–H and O–H groups in total. The Kier molecular flexibility index (Phi) is 5.99. The zero-order valence-corrected chi connectivity index (χ0v) is 13.7. The zero-order chi connectivity index (χ0) is 14.4. The molecule has 2 nitrogen and oxygen atoms in total. The van der Waals surface area contributed by atoms with E-state index in [9.17, 15) is 0 Å². The van der Waals surface area contributed by atoms with Crippen LogP contribution in [0.4, 0.5) is 5.69 Å². The third kappa shape index (κ3) is 4.88. The molecule has 20 heavy (non-hydrogen) atoms. The molecule has 1 aliphatic rings. The average molecular weight is 290 g/mol. The van der Waals surface area contributed by atoms with E-state index in [0.29, 0.717) is 6.04 Å². The molecule has 0 aliphatic carbocycles. The SMILES string of the molecule is CSc1cccc(NC2CCN(CC=C(C)C)CC2)c1. The normalized spacial score (nSPS) is 16.9. The van der Waals surface area contributed by atoms with Crippen molar-refractivity contribution in [3.8, 4) is 0 Å². The van der Waals surface area contributed by atoms with Crippen molar-refractivity contribution in [2.75, 3.05) is 31.2 Å². The van der Waals surface area contributed by atoms with Gasteiger partial charge in [-0.25, -0.2) is 0 Å². The highest BCUT2D eigenvalue weighted by molar-refractivity contribution is 7.98. The molecule has 1 aliphatic heterocycles. The maximum atomic E-state index is 3.69. The molecule has 0 amide bonds. The molecule has 0 saturated carbocycles. The number of piperidine rings is 1. The van der Waals surface area contributed by atoms with Gasteiger partial charge in [0.1, 0.15) is 0 Å². The minimum absolute atomic E-state index is 0.620. The van der Waals surface area contributed by atoms with Crippen LogP contribution in [0.1, 0.15) is 26.7 Å². The summed E-state index contributed by atoms with van der Waals surface area (Å²) in [5, 5.41) is 3.69. The van der Waals surface area contributed by atoms with Gasteiger partial charge in [0, 0.05) is 36.3 Å². The highest BCUT2D eigenvalue weighted by atomic mass is 32.2. The second-order valence-corrected chi connectivity index (χ2v) is 6.61. The summed E-state index contributed by atoms with van der Waals surface area (Å²) in [5.41, 5.74) is 2.68. The second kappa shape index (κ2) is 7.75. The van der Waals surface area contributed by atoms with Gasteiger partial charge in [0.05, 0.1) is 0 Å². The molecule has 0 aromatic heterocycles. The van der Waals surface area contributed by atoms with Crippen LogP contribution in [0.3, 0.4) is 0 Å². The molecule has 0 bridgehead atoms. The lowest BCUT2D eigenvalue weighted by molar-refractivity contribution is 0.240. The van der Waals surface area contributed by atoms with E-state index in [1.807, 2.05) is 0 Å². The molecule has 2 rings (SSSR count). The Bertz CT molecular complexity index is 444. The molecule has 1 aromatic rings. The van der Waals surface area contributed by atoms with Crippen LogP contribution >= 0.6 is 11.8 Å². The first kappa shape index (κ1) is 15.5. The number of benzene rings is 1. The van der Waals surface area contributed by atoms with Gasteiger partial charge in [-0.1, -0.05) is 17.7 Å². The van der Waals surface area contributed by atoms with E-state index in [-0.39, 0.29) is 0 Å². The first-order valence-electron chi connectivity index (χ1n) is 7.43. The van der Waals surface area contributed by atoms with E-state index < -0.39 is 0 Å². The molecule has 1 aromatic carbocycles. The summed E-state index contributed by atoms with van der Waals surface area (Å²) in [6.45, 7) is 7.85. The van der Waals surface area contributed by atoms with Crippen molar-refractivity contribution in [1.82, 2.24) is 4.90 Å². The molecule has 0 spiro atoms. The lowest BCUT2D eigenvalue weighted by Gasteiger charge is -2.32. The number of anilines is 1. The van der Waals surface area contributed by atoms with Crippen LogP contribution in [0.5, 0.6) is 0 Å². The maximum absolute atomic E-state index is 3.69. The van der Waals surface area contributed by atoms with Crippen LogP contribution in [-0.4, -0.2) is 36.8 Å². The summed E-state index contributed by atoms with van der Waals surface area (Å²) in [6.07, 6.45) is 6.93. The topological polar surface area (TPSA) is 15.3 Å². The van der Waals surface area contributed by atoms with Gasteiger partial charge in [0.25, 0.3) is 0 Å². The predicted octanol–water partition coefficient (Wildman–Crippen LogP) is 4.25. The Morgan fingerprint density at radius 1 is 1.35 bits per heavy atom. The van der Waals surface area contributed by atoms with E-state index in [2.05, 4.69) is 60.7 Å². The molecule has 0 unspecified atom stereocenters. The molecule has 110 valence electrons. The fourth-order valence-electron chi connectivity index (χ4n) is 2.52. The second-order valence-electron chi connectivity index (χ2n) is 5.73. The van der Waals surface area contributed by atoms with Crippen molar-refractivity contribution in [3.05, 3.63) is 35.9 Å². The molecular weight excluding hydrogens is 264 g/mol. The summed E-state index contributed by atoms with van der Waals surface area (Å²) in [4.78, 5) is 3.87. The largest absolute Gasteiger partial charge is 0.382 e. The fourth-order valence-corrected chi connectivity index (χ4v) is 2.98. The van der Waals surface area contributed by atoms with E-state index in [4.69, 9.17) is 0 Å². The van der Waals surface area contributed by atoms with Crippen LogP contribution in [-0.2, 0) is 0 Å². The van der Waals surface area contributed by atoms with Gasteiger partial charge in [0.15, 0.2) is 0 Å². The van der Waals surface area contributed by atoms with Gasteiger partial charge in [-0.3, -0.25) is 4.90 Å². The highest BCUT2D eigenvalue weighted by Crippen LogP contribution is 2.21. The van der Waals surface area contributed by atoms with Crippen molar-refractivity contribution in [1.29, 1.82) is 0 Å². The Morgan fingerprint density at radius 3 is 2.75 bits per heavy atom. The van der Waals surface area contributed by atoms with E-state index in [1.165, 1.54) is 42.1 Å². The van der Waals surface area contributed by atoms with Crippen LogP contribution < -0.4 is 5.32 Å². The van der Waals surface area contributed by atoms with Crippen molar-refractivity contribution in [2.24, 2.45) is 0 Å². The Balaban J connectivity index is 1.80. The molecule has 0 radical (unpaired) electrons. The van der Waals surface area contributed by atoms with Crippen LogP contribution in [0.15, 0.2) is 40.8 Å². The van der Waals surface area contributed by atoms with Gasteiger partial charge in [-0.2, -0.15) is 0 Å². The predicted molar refractivity (Wildman–Crippen MR) is 90.7 cm³/mol. The van der Waals surface area contributed by atoms with Gasteiger partial charge in [-0.05, 0) is 51.1 Å². The van der Waals surface area contributed by atoms with Gasteiger partial charge in [0.2, 0.25) is 0 Å². The Hall–Kier alpha value is -0.930. The average Bonchev–Trinajstić information content (AvgIpc) is 2.47. The van der Waals surface area contributed by atoms with E-state index in [0.717, 1.165) is 6.54 Å². The van der Waals surface area contributed by atoms with Crippen molar-refractivity contribution >= 4 is 17.4 Å². The number of hydrogen-bond donors (Lipinski definition) is 1. The monoisotopic (exact) mass is 290 g/mol. The smallest absolute Gasteiger partial charge is 0.0353 e. The number of thioether (sulfide) groups is 1. The molecule has 1 heterocycles. The first-order valence-corrected chi connectivity index (χ1v) is 8.66.